The molecule has 0 aliphatic rings. The lowest BCUT2D eigenvalue weighted by Crippen LogP contribution is -2.32. The Balaban J connectivity index is 2.42. The summed E-state index contributed by atoms with van der Waals surface area (Å²) in [6.45, 7) is 1.62. The number of nitrogens with one attached hydrogen (secondary N) is 1. The molecule has 0 saturated carbocycles. The number of rotatable bonds is 3. The number of hydrogen-bond donors (Lipinski definition) is 2. The number of nitrogens with zero attached hydrogens (tertiary/aromatic N) is 2. The van der Waals surface area contributed by atoms with Gasteiger partial charge in [-0.1, -0.05) is 17.7 Å². The van der Waals surface area contributed by atoms with Crippen LogP contribution < -0.4 is 11.1 Å². The Hall–Kier alpha value is -1.85. The topological polar surface area (TPSA) is 72.9 Å². The second kappa shape index (κ2) is 5.20. The molecule has 0 radical (unpaired) electrons. The first-order valence-corrected chi connectivity index (χ1v) is 5.82. The van der Waals surface area contributed by atoms with E-state index in [0.29, 0.717) is 16.4 Å². The van der Waals surface area contributed by atoms with Crippen molar-refractivity contribution in [2.75, 3.05) is 5.32 Å². The van der Waals surface area contributed by atoms with Crippen LogP contribution in [0.5, 0.6) is 0 Å². The van der Waals surface area contributed by atoms with Gasteiger partial charge >= 0.3 is 0 Å². The van der Waals surface area contributed by atoms with Crippen LogP contribution in [-0.2, 0) is 4.79 Å². The van der Waals surface area contributed by atoms with Gasteiger partial charge in [0.2, 0.25) is 5.91 Å². The number of anilines is 1. The molecule has 2 rings (SSSR count). The number of halogens is 1. The number of amides is 1. The van der Waals surface area contributed by atoms with Crippen LogP contribution in [0.2, 0.25) is 5.02 Å². The van der Waals surface area contributed by atoms with Crippen molar-refractivity contribution in [3.8, 4) is 5.69 Å². The molecule has 0 unspecified atom stereocenters. The van der Waals surface area contributed by atoms with Crippen LogP contribution in [0.25, 0.3) is 5.69 Å². The van der Waals surface area contributed by atoms with E-state index >= 15 is 0 Å². The summed E-state index contributed by atoms with van der Waals surface area (Å²) in [6.07, 6.45) is 3.39. The molecule has 5 nitrogen and oxygen atoms in total. The van der Waals surface area contributed by atoms with Gasteiger partial charge in [0.1, 0.15) is 5.69 Å². The Kier molecular flexibility index (Phi) is 3.64. The standard InChI is InChI=1S/C12H13ClN4O/c1-8(14)12(18)16-10-5-2-4-9(13)11(10)17-7-3-6-15-17/h2-8H,14H2,1H3,(H,16,18)/t8-/m1/s1. The highest BCUT2D eigenvalue weighted by Crippen LogP contribution is 2.27. The van der Waals surface area contributed by atoms with Crippen molar-refractivity contribution in [1.82, 2.24) is 9.78 Å². The Labute approximate surface area is 110 Å². The third kappa shape index (κ3) is 2.52. The molecule has 3 N–H and O–H groups in total. The monoisotopic (exact) mass is 264 g/mol. The fourth-order valence-electron chi connectivity index (χ4n) is 1.50. The quantitative estimate of drug-likeness (QED) is 0.888. The third-order valence-corrected chi connectivity index (χ3v) is 2.70. The fourth-order valence-corrected chi connectivity index (χ4v) is 1.76. The Morgan fingerprint density at radius 2 is 2.28 bits per heavy atom. The van der Waals surface area contributed by atoms with Gasteiger partial charge in [0.15, 0.2) is 0 Å². The molecule has 2 aromatic rings. The molecule has 6 heteroatoms. The van der Waals surface area contributed by atoms with Gasteiger partial charge in [-0.3, -0.25) is 4.79 Å². The van der Waals surface area contributed by atoms with Gasteiger partial charge in [-0.15, -0.1) is 0 Å². The van der Waals surface area contributed by atoms with Crippen molar-refractivity contribution >= 4 is 23.2 Å². The van der Waals surface area contributed by atoms with Gasteiger partial charge < -0.3 is 11.1 Å². The predicted octanol–water partition coefficient (Wildman–Crippen LogP) is 1.81. The minimum Gasteiger partial charge on any atom is -0.323 e. The zero-order valence-electron chi connectivity index (χ0n) is 9.80. The maximum Gasteiger partial charge on any atom is 0.241 e. The zero-order chi connectivity index (χ0) is 13.1. The lowest BCUT2D eigenvalue weighted by molar-refractivity contribution is -0.117. The maximum atomic E-state index is 11.6. The van der Waals surface area contributed by atoms with Gasteiger partial charge in [-0.25, -0.2) is 4.68 Å². The molecule has 0 fully saturated rings. The molecular formula is C12H13ClN4O. The van der Waals surface area contributed by atoms with Crippen molar-refractivity contribution in [2.45, 2.75) is 13.0 Å². The zero-order valence-corrected chi connectivity index (χ0v) is 10.6. The van der Waals surface area contributed by atoms with E-state index in [0.717, 1.165) is 0 Å². The van der Waals surface area contributed by atoms with Gasteiger partial charge in [0.05, 0.1) is 16.8 Å². The van der Waals surface area contributed by atoms with Gasteiger partial charge in [-0.05, 0) is 25.1 Å². The molecule has 1 amide bonds. The Bertz CT molecular complexity index is 551. The highest BCUT2D eigenvalue weighted by molar-refractivity contribution is 6.33. The molecule has 1 aromatic carbocycles. The number of para-hydroxylation sites is 1. The summed E-state index contributed by atoms with van der Waals surface area (Å²) in [5, 5.41) is 7.34. The molecule has 0 spiro atoms. The number of carbonyl (C=O) groups is 1. The van der Waals surface area contributed by atoms with Crippen LogP contribution >= 0.6 is 11.6 Å². The minimum atomic E-state index is -0.588. The maximum absolute atomic E-state index is 11.6. The molecule has 94 valence electrons. The van der Waals surface area contributed by atoms with Gasteiger partial charge in [0.25, 0.3) is 0 Å². The summed E-state index contributed by atoms with van der Waals surface area (Å²) >= 11 is 6.14. The smallest absolute Gasteiger partial charge is 0.241 e. The first kappa shape index (κ1) is 12.6. The summed E-state index contributed by atoms with van der Waals surface area (Å²) in [4.78, 5) is 11.6. The first-order valence-electron chi connectivity index (χ1n) is 5.44. The number of hydrogen-bond acceptors (Lipinski definition) is 3. The van der Waals surface area contributed by atoms with Crippen LogP contribution in [0.4, 0.5) is 5.69 Å². The lowest BCUT2D eigenvalue weighted by Gasteiger charge is -2.13. The predicted molar refractivity (Wildman–Crippen MR) is 70.9 cm³/mol. The molecule has 0 saturated heterocycles. The van der Waals surface area contributed by atoms with E-state index in [-0.39, 0.29) is 5.91 Å². The largest absolute Gasteiger partial charge is 0.323 e. The summed E-state index contributed by atoms with van der Waals surface area (Å²) in [5.74, 6) is -0.273. The molecule has 0 aliphatic carbocycles. The van der Waals surface area contributed by atoms with E-state index in [9.17, 15) is 4.79 Å². The molecule has 1 aromatic heterocycles. The van der Waals surface area contributed by atoms with E-state index in [2.05, 4.69) is 10.4 Å². The third-order valence-electron chi connectivity index (χ3n) is 2.39. The van der Waals surface area contributed by atoms with Crippen molar-refractivity contribution in [2.24, 2.45) is 5.73 Å². The SMILES string of the molecule is C[C@@H](N)C(=O)Nc1cccc(Cl)c1-n1cccn1. The molecule has 1 atom stereocenters. The summed E-state index contributed by atoms with van der Waals surface area (Å²) < 4.78 is 1.60. The van der Waals surface area contributed by atoms with E-state index in [1.165, 1.54) is 0 Å². The summed E-state index contributed by atoms with van der Waals surface area (Å²) in [7, 11) is 0. The minimum absolute atomic E-state index is 0.273. The first-order chi connectivity index (χ1) is 8.59. The van der Waals surface area contributed by atoms with Crippen LogP contribution in [-0.4, -0.2) is 21.7 Å². The van der Waals surface area contributed by atoms with E-state index in [4.69, 9.17) is 17.3 Å². The average Bonchev–Trinajstić information content (AvgIpc) is 2.82. The lowest BCUT2D eigenvalue weighted by atomic mass is 10.2. The molecule has 0 aliphatic heterocycles. The van der Waals surface area contributed by atoms with Crippen LogP contribution in [0, 0.1) is 0 Å². The van der Waals surface area contributed by atoms with E-state index in [1.54, 1.807) is 48.3 Å². The normalized spacial score (nSPS) is 12.2. The second-order valence-corrected chi connectivity index (χ2v) is 4.27. The number of carbonyl (C=O) groups excluding carboxylic acids is 1. The fraction of sp³-hybridized carbons (Fsp3) is 0.167. The van der Waals surface area contributed by atoms with Crippen LogP contribution in [0.1, 0.15) is 6.92 Å². The number of nitrogens with two attached hydrogens (primary N) is 1. The van der Waals surface area contributed by atoms with Gasteiger partial charge in [-0.2, -0.15) is 5.10 Å². The molecule has 1 heterocycles. The van der Waals surface area contributed by atoms with Gasteiger partial charge in [0, 0.05) is 12.4 Å². The number of aromatic nitrogens is 2. The molecule has 0 bridgehead atoms. The second-order valence-electron chi connectivity index (χ2n) is 3.86. The Morgan fingerprint density at radius 3 is 2.89 bits per heavy atom. The van der Waals surface area contributed by atoms with Crippen LogP contribution in [0.3, 0.4) is 0 Å². The summed E-state index contributed by atoms with van der Waals surface area (Å²) in [6, 6.07) is 6.44. The van der Waals surface area contributed by atoms with Crippen molar-refractivity contribution in [1.29, 1.82) is 0 Å². The van der Waals surface area contributed by atoms with E-state index in [1.807, 2.05) is 0 Å². The highest BCUT2D eigenvalue weighted by atomic mass is 35.5. The van der Waals surface area contributed by atoms with Crippen molar-refractivity contribution in [3.63, 3.8) is 0 Å². The Morgan fingerprint density at radius 1 is 1.50 bits per heavy atom. The van der Waals surface area contributed by atoms with Crippen LogP contribution in [0.15, 0.2) is 36.7 Å². The van der Waals surface area contributed by atoms with Crippen molar-refractivity contribution in [3.05, 3.63) is 41.7 Å². The molecular weight excluding hydrogens is 252 g/mol. The highest BCUT2D eigenvalue weighted by Gasteiger charge is 2.14. The van der Waals surface area contributed by atoms with E-state index < -0.39 is 6.04 Å². The average molecular weight is 265 g/mol. The summed E-state index contributed by atoms with van der Waals surface area (Å²) in [5.41, 5.74) is 6.72. The number of benzene rings is 1. The van der Waals surface area contributed by atoms with Crippen molar-refractivity contribution < 1.29 is 4.79 Å². The molecule has 18 heavy (non-hydrogen) atoms.